The quantitative estimate of drug-likeness (QED) is 0.649. The van der Waals surface area contributed by atoms with Crippen LogP contribution < -0.4 is 10.5 Å². The van der Waals surface area contributed by atoms with Gasteiger partial charge in [0, 0.05) is 37.0 Å². The molecule has 4 nitrogen and oxygen atoms in total. The Morgan fingerprint density at radius 2 is 1.86 bits per heavy atom. The first-order chi connectivity index (χ1) is 13.2. The second kappa shape index (κ2) is 9.52. The van der Waals surface area contributed by atoms with Gasteiger partial charge in [0.15, 0.2) is 0 Å². The SMILES string of the molecule is Cc1nc(COc2ccc(CN3C[C@@H](N)[C@H](c4ccccc4)C3)cc2)cs1.Cl. The molecule has 2 heterocycles. The van der Waals surface area contributed by atoms with E-state index < -0.39 is 0 Å². The van der Waals surface area contributed by atoms with Crippen LogP contribution in [0.5, 0.6) is 5.75 Å². The third-order valence-corrected chi connectivity index (χ3v) is 5.87. The fourth-order valence-electron chi connectivity index (χ4n) is 3.68. The van der Waals surface area contributed by atoms with Gasteiger partial charge in [0.1, 0.15) is 12.4 Å². The van der Waals surface area contributed by atoms with Gasteiger partial charge in [-0.05, 0) is 30.2 Å². The van der Waals surface area contributed by atoms with E-state index in [2.05, 4.69) is 52.3 Å². The number of likely N-dealkylation sites (tertiary alicyclic amines) is 1. The minimum Gasteiger partial charge on any atom is -0.487 e. The molecule has 28 heavy (non-hydrogen) atoms. The van der Waals surface area contributed by atoms with Gasteiger partial charge in [-0.1, -0.05) is 42.5 Å². The predicted octanol–water partition coefficient (Wildman–Crippen LogP) is 4.38. The molecular weight excluding hydrogens is 390 g/mol. The molecule has 0 radical (unpaired) electrons. The van der Waals surface area contributed by atoms with E-state index in [0.29, 0.717) is 12.5 Å². The Labute approximate surface area is 176 Å². The highest BCUT2D eigenvalue weighted by molar-refractivity contribution is 7.09. The Morgan fingerprint density at radius 1 is 1.11 bits per heavy atom. The van der Waals surface area contributed by atoms with Gasteiger partial charge >= 0.3 is 0 Å². The number of hydrogen-bond donors (Lipinski definition) is 1. The van der Waals surface area contributed by atoms with E-state index in [9.17, 15) is 0 Å². The molecule has 1 aliphatic heterocycles. The first-order valence-corrected chi connectivity index (χ1v) is 10.2. The molecule has 148 valence electrons. The summed E-state index contributed by atoms with van der Waals surface area (Å²) in [5, 5.41) is 3.12. The van der Waals surface area contributed by atoms with Crippen LogP contribution in [0, 0.1) is 6.92 Å². The van der Waals surface area contributed by atoms with Crippen molar-refractivity contribution in [2.75, 3.05) is 13.1 Å². The van der Waals surface area contributed by atoms with Gasteiger partial charge in [0.05, 0.1) is 10.7 Å². The van der Waals surface area contributed by atoms with Crippen LogP contribution in [-0.2, 0) is 13.2 Å². The van der Waals surface area contributed by atoms with E-state index in [4.69, 9.17) is 10.5 Å². The summed E-state index contributed by atoms with van der Waals surface area (Å²) in [5.41, 5.74) is 10.0. The van der Waals surface area contributed by atoms with Crippen molar-refractivity contribution in [2.45, 2.75) is 32.0 Å². The number of thiazole rings is 1. The molecule has 1 aliphatic rings. The van der Waals surface area contributed by atoms with Gasteiger partial charge in [-0.15, -0.1) is 23.7 Å². The van der Waals surface area contributed by atoms with Crippen molar-refractivity contribution in [3.8, 4) is 5.75 Å². The molecule has 2 N–H and O–H groups in total. The van der Waals surface area contributed by atoms with Crippen molar-refractivity contribution in [2.24, 2.45) is 5.73 Å². The van der Waals surface area contributed by atoms with Crippen LogP contribution in [0.2, 0.25) is 0 Å². The van der Waals surface area contributed by atoms with Crippen molar-refractivity contribution >= 4 is 23.7 Å². The summed E-state index contributed by atoms with van der Waals surface area (Å²) < 4.78 is 5.83. The van der Waals surface area contributed by atoms with Crippen LogP contribution in [0.3, 0.4) is 0 Å². The fourth-order valence-corrected chi connectivity index (χ4v) is 4.27. The predicted molar refractivity (Wildman–Crippen MR) is 117 cm³/mol. The van der Waals surface area contributed by atoms with Crippen molar-refractivity contribution in [3.63, 3.8) is 0 Å². The van der Waals surface area contributed by atoms with Crippen LogP contribution in [-0.4, -0.2) is 29.0 Å². The maximum Gasteiger partial charge on any atom is 0.131 e. The zero-order valence-electron chi connectivity index (χ0n) is 16.0. The molecule has 0 unspecified atom stereocenters. The monoisotopic (exact) mass is 415 g/mol. The molecule has 1 aromatic heterocycles. The second-order valence-electron chi connectivity index (χ2n) is 7.17. The van der Waals surface area contributed by atoms with Crippen molar-refractivity contribution in [1.29, 1.82) is 0 Å². The van der Waals surface area contributed by atoms with Crippen molar-refractivity contribution in [1.82, 2.24) is 9.88 Å². The molecule has 0 bridgehead atoms. The molecule has 3 aromatic rings. The third-order valence-electron chi connectivity index (χ3n) is 5.05. The minimum absolute atomic E-state index is 0. The molecular formula is C22H26ClN3OS. The topological polar surface area (TPSA) is 51.4 Å². The molecule has 4 rings (SSSR count). The Kier molecular flexibility index (Phi) is 7.08. The summed E-state index contributed by atoms with van der Waals surface area (Å²) in [7, 11) is 0. The van der Waals surface area contributed by atoms with Crippen LogP contribution >= 0.6 is 23.7 Å². The second-order valence-corrected chi connectivity index (χ2v) is 8.23. The Morgan fingerprint density at radius 3 is 2.54 bits per heavy atom. The summed E-state index contributed by atoms with van der Waals surface area (Å²) in [4.78, 5) is 6.87. The lowest BCUT2D eigenvalue weighted by atomic mass is 9.95. The van der Waals surface area contributed by atoms with E-state index in [-0.39, 0.29) is 18.4 Å². The van der Waals surface area contributed by atoms with E-state index in [1.807, 2.05) is 24.4 Å². The normalized spacial score (nSPS) is 19.4. The van der Waals surface area contributed by atoms with Crippen LogP contribution in [0.4, 0.5) is 0 Å². The Hall–Kier alpha value is -1.92. The molecule has 6 heteroatoms. The molecule has 0 saturated carbocycles. The molecule has 0 spiro atoms. The highest BCUT2D eigenvalue weighted by atomic mass is 35.5. The highest BCUT2D eigenvalue weighted by Gasteiger charge is 2.30. The number of nitrogens with zero attached hydrogens (tertiary/aromatic N) is 2. The zero-order valence-corrected chi connectivity index (χ0v) is 17.6. The van der Waals surface area contributed by atoms with Crippen molar-refractivity contribution < 1.29 is 4.74 Å². The van der Waals surface area contributed by atoms with E-state index >= 15 is 0 Å². The summed E-state index contributed by atoms with van der Waals surface area (Å²) >= 11 is 1.65. The Bertz CT molecular complexity index is 869. The molecule has 1 saturated heterocycles. The first kappa shape index (κ1) is 20.8. The number of benzene rings is 2. The number of hydrogen-bond acceptors (Lipinski definition) is 5. The van der Waals surface area contributed by atoms with Gasteiger partial charge in [-0.3, -0.25) is 4.90 Å². The van der Waals surface area contributed by atoms with Gasteiger partial charge in [-0.25, -0.2) is 4.98 Å². The summed E-state index contributed by atoms with van der Waals surface area (Å²) in [6.07, 6.45) is 0. The number of halogens is 1. The third kappa shape index (κ3) is 5.11. The summed E-state index contributed by atoms with van der Waals surface area (Å²) in [6.45, 7) is 5.38. The van der Waals surface area contributed by atoms with Crippen LogP contribution in [0.15, 0.2) is 60.0 Å². The van der Waals surface area contributed by atoms with Crippen LogP contribution in [0.25, 0.3) is 0 Å². The lowest BCUT2D eigenvalue weighted by Gasteiger charge is -2.16. The zero-order chi connectivity index (χ0) is 18.6. The van der Waals surface area contributed by atoms with E-state index in [1.165, 1.54) is 11.1 Å². The van der Waals surface area contributed by atoms with Gasteiger partial charge in [0.2, 0.25) is 0 Å². The van der Waals surface area contributed by atoms with Gasteiger partial charge in [-0.2, -0.15) is 0 Å². The average molecular weight is 416 g/mol. The standard InChI is InChI=1S/C22H25N3OS.ClH/c1-16-24-19(15-27-16)14-26-20-9-7-17(8-10-20)11-25-12-21(22(23)13-25)18-5-3-2-4-6-18;/h2-10,15,21-22H,11-14,23H2,1H3;1H/t21-,22+;/m0./s1. The molecule has 0 amide bonds. The van der Waals surface area contributed by atoms with Gasteiger partial charge < -0.3 is 10.5 Å². The fraction of sp³-hybridized carbons (Fsp3) is 0.318. The highest BCUT2D eigenvalue weighted by Crippen LogP contribution is 2.27. The van der Waals surface area contributed by atoms with E-state index in [0.717, 1.165) is 36.1 Å². The number of aromatic nitrogens is 1. The molecule has 0 aliphatic carbocycles. The lowest BCUT2D eigenvalue weighted by molar-refractivity contribution is 0.301. The Balaban J connectivity index is 0.00000225. The number of rotatable bonds is 6. The molecule has 2 aromatic carbocycles. The summed E-state index contributed by atoms with van der Waals surface area (Å²) in [5.74, 6) is 1.29. The van der Waals surface area contributed by atoms with Crippen LogP contribution in [0.1, 0.15) is 27.7 Å². The lowest BCUT2D eigenvalue weighted by Crippen LogP contribution is -2.28. The van der Waals surface area contributed by atoms with Gasteiger partial charge in [0.25, 0.3) is 0 Å². The molecule has 1 fully saturated rings. The summed E-state index contributed by atoms with van der Waals surface area (Å²) in [6, 6.07) is 19.2. The van der Waals surface area contributed by atoms with E-state index in [1.54, 1.807) is 11.3 Å². The number of nitrogens with two attached hydrogens (primary N) is 1. The number of aryl methyl sites for hydroxylation is 1. The molecule has 2 atom stereocenters. The first-order valence-electron chi connectivity index (χ1n) is 9.33. The van der Waals surface area contributed by atoms with Crippen molar-refractivity contribution in [3.05, 3.63) is 81.8 Å². The largest absolute Gasteiger partial charge is 0.487 e. The minimum atomic E-state index is 0. The smallest absolute Gasteiger partial charge is 0.131 e. The average Bonchev–Trinajstić information content (AvgIpc) is 3.27. The maximum absolute atomic E-state index is 6.41. The number of ether oxygens (including phenoxy) is 1. The maximum atomic E-state index is 6.41.